The first-order valence-electron chi connectivity index (χ1n) is 12.9. The third-order valence-electron chi connectivity index (χ3n) is 6.81. The van der Waals surface area contributed by atoms with Crippen molar-refractivity contribution in [1.29, 1.82) is 0 Å². The van der Waals surface area contributed by atoms with Gasteiger partial charge in [0.2, 0.25) is 0 Å². The Kier molecular flexibility index (Phi) is 8.48. The minimum atomic E-state index is -3.86. The molecule has 2 amide bonds. The number of nitrogens with zero attached hydrogens (tertiary/aromatic N) is 2. The van der Waals surface area contributed by atoms with Gasteiger partial charge in [-0.25, -0.2) is 8.42 Å². The van der Waals surface area contributed by atoms with Crippen LogP contribution >= 0.6 is 0 Å². The maximum absolute atomic E-state index is 13.5. The molecule has 1 aliphatic heterocycles. The monoisotopic (exact) mass is 534 g/mol. The van der Waals surface area contributed by atoms with E-state index in [0.717, 1.165) is 25.2 Å². The van der Waals surface area contributed by atoms with E-state index in [9.17, 15) is 18.0 Å². The van der Waals surface area contributed by atoms with Gasteiger partial charge in [-0.1, -0.05) is 38.1 Å². The number of para-hydroxylation sites is 1. The van der Waals surface area contributed by atoms with Crippen LogP contribution in [-0.4, -0.2) is 57.4 Å². The van der Waals surface area contributed by atoms with Crippen LogP contribution in [0.2, 0.25) is 0 Å². The van der Waals surface area contributed by atoms with Crippen molar-refractivity contribution < 1.29 is 18.0 Å². The first-order valence-corrected chi connectivity index (χ1v) is 14.3. The van der Waals surface area contributed by atoms with E-state index in [4.69, 9.17) is 0 Å². The van der Waals surface area contributed by atoms with Gasteiger partial charge >= 0.3 is 0 Å². The number of carbonyl (C=O) groups is 2. The van der Waals surface area contributed by atoms with Crippen LogP contribution in [0.5, 0.6) is 0 Å². The standard InChI is InChI=1S/C29H34N4O4S/c1-4-32(5-2)18-17-30-28(34)22-13-15-25(16-14-22)31-29(35)24-10-8-11-26(20-24)38(36,37)33-21(3)19-23-9-6-7-12-27(23)33/h6-16,20-21H,4-5,17-19H2,1-3H3,(H,30,34)(H,31,35)/t21-/m0/s1. The Morgan fingerprint density at radius 2 is 1.63 bits per heavy atom. The normalized spacial score (nSPS) is 14.8. The molecule has 3 aromatic rings. The molecular formula is C29H34N4O4S. The van der Waals surface area contributed by atoms with Crippen molar-refractivity contribution in [2.75, 3.05) is 35.8 Å². The molecule has 1 atom stereocenters. The highest BCUT2D eigenvalue weighted by Gasteiger charge is 2.36. The Morgan fingerprint density at radius 3 is 2.34 bits per heavy atom. The van der Waals surface area contributed by atoms with Crippen LogP contribution in [0.25, 0.3) is 0 Å². The van der Waals surface area contributed by atoms with E-state index >= 15 is 0 Å². The third kappa shape index (κ3) is 5.89. The summed E-state index contributed by atoms with van der Waals surface area (Å²) >= 11 is 0. The van der Waals surface area contributed by atoms with Crippen LogP contribution in [0.4, 0.5) is 11.4 Å². The molecule has 200 valence electrons. The molecule has 0 radical (unpaired) electrons. The molecule has 2 N–H and O–H groups in total. The van der Waals surface area contributed by atoms with Crippen LogP contribution in [-0.2, 0) is 16.4 Å². The highest BCUT2D eigenvalue weighted by molar-refractivity contribution is 7.92. The summed E-state index contributed by atoms with van der Waals surface area (Å²) in [6.07, 6.45) is 0.638. The zero-order valence-electron chi connectivity index (χ0n) is 22.0. The molecule has 8 nitrogen and oxygen atoms in total. The zero-order valence-corrected chi connectivity index (χ0v) is 22.8. The summed E-state index contributed by atoms with van der Waals surface area (Å²) in [7, 11) is -3.86. The van der Waals surface area contributed by atoms with Gasteiger partial charge in [0, 0.05) is 35.9 Å². The van der Waals surface area contributed by atoms with Gasteiger partial charge in [0.1, 0.15) is 0 Å². The molecular weight excluding hydrogens is 500 g/mol. The van der Waals surface area contributed by atoms with Gasteiger partial charge in [-0.3, -0.25) is 13.9 Å². The van der Waals surface area contributed by atoms with Gasteiger partial charge in [0.25, 0.3) is 21.8 Å². The molecule has 1 heterocycles. The fourth-order valence-corrected chi connectivity index (χ4v) is 6.43. The van der Waals surface area contributed by atoms with Gasteiger partial charge in [-0.15, -0.1) is 0 Å². The average Bonchev–Trinajstić information content (AvgIpc) is 3.28. The summed E-state index contributed by atoms with van der Waals surface area (Å²) in [5, 5.41) is 5.69. The Bertz CT molecular complexity index is 1400. The molecule has 0 spiro atoms. The molecule has 0 saturated heterocycles. The molecule has 0 aromatic heterocycles. The summed E-state index contributed by atoms with van der Waals surface area (Å²) in [6.45, 7) is 9.25. The Hall–Kier alpha value is -3.69. The Morgan fingerprint density at radius 1 is 0.921 bits per heavy atom. The SMILES string of the molecule is CCN(CC)CCNC(=O)c1ccc(NC(=O)c2cccc(S(=O)(=O)N3c4ccccc4C[C@@H]3C)c2)cc1. The van der Waals surface area contributed by atoms with Crippen molar-refractivity contribution in [2.45, 2.75) is 38.1 Å². The van der Waals surface area contributed by atoms with Gasteiger partial charge in [0.05, 0.1) is 10.6 Å². The van der Waals surface area contributed by atoms with Crippen molar-refractivity contribution in [3.05, 3.63) is 89.5 Å². The number of benzene rings is 3. The summed E-state index contributed by atoms with van der Waals surface area (Å²) in [5.41, 5.74) is 2.88. The molecule has 9 heteroatoms. The van der Waals surface area contributed by atoms with Crippen LogP contribution < -0.4 is 14.9 Å². The molecule has 3 aromatic carbocycles. The lowest BCUT2D eigenvalue weighted by atomic mass is 10.1. The predicted octanol–water partition coefficient (Wildman–Crippen LogP) is 4.15. The lowest BCUT2D eigenvalue weighted by Gasteiger charge is -2.24. The fourth-order valence-electron chi connectivity index (χ4n) is 4.69. The second-order valence-corrected chi connectivity index (χ2v) is 11.1. The number of likely N-dealkylation sites (N-methyl/N-ethyl adjacent to an activating group) is 1. The second kappa shape index (κ2) is 11.8. The van der Waals surface area contributed by atoms with Crippen molar-refractivity contribution in [2.24, 2.45) is 0 Å². The maximum atomic E-state index is 13.5. The van der Waals surface area contributed by atoms with Crippen molar-refractivity contribution in [3.63, 3.8) is 0 Å². The number of hydrogen-bond acceptors (Lipinski definition) is 5. The van der Waals surface area contributed by atoms with E-state index in [1.165, 1.54) is 16.4 Å². The number of fused-ring (bicyclic) bond motifs is 1. The number of nitrogens with one attached hydrogen (secondary N) is 2. The highest BCUT2D eigenvalue weighted by Crippen LogP contribution is 2.36. The zero-order chi connectivity index (χ0) is 27.3. The van der Waals surface area contributed by atoms with Crippen LogP contribution in [0.1, 0.15) is 47.1 Å². The molecule has 0 aliphatic carbocycles. The highest BCUT2D eigenvalue weighted by atomic mass is 32.2. The molecule has 4 rings (SSSR count). The lowest BCUT2D eigenvalue weighted by molar-refractivity contribution is 0.0948. The second-order valence-electron chi connectivity index (χ2n) is 9.32. The number of carbonyl (C=O) groups excluding carboxylic acids is 2. The Labute approximate surface area is 224 Å². The van der Waals surface area contributed by atoms with Gasteiger partial charge in [-0.05, 0) is 80.5 Å². The topological polar surface area (TPSA) is 98.8 Å². The molecule has 0 fully saturated rings. The lowest BCUT2D eigenvalue weighted by Crippen LogP contribution is -2.35. The van der Waals surface area contributed by atoms with Gasteiger partial charge in [-0.2, -0.15) is 0 Å². The summed E-state index contributed by atoms with van der Waals surface area (Å²) in [4.78, 5) is 27.7. The smallest absolute Gasteiger partial charge is 0.264 e. The number of sulfonamides is 1. The quantitative estimate of drug-likeness (QED) is 0.407. The van der Waals surface area contributed by atoms with Gasteiger partial charge in [0.15, 0.2) is 0 Å². The van der Waals surface area contributed by atoms with E-state index in [1.807, 2.05) is 31.2 Å². The first kappa shape index (κ1) is 27.3. The minimum absolute atomic E-state index is 0.0606. The van der Waals surface area contributed by atoms with E-state index < -0.39 is 15.9 Å². The van der Waals surface area contributed by atoms with Crippen LogP contribution in [0.15, 0.2) is 77.7 Å². The molecule has 38 heavy (non-hydrogen) atoms. The molecule has 0 bridgehead atoms. The third-order valence-corrected chi connectivity index (χ3v) is 8.73. The largest absolute Gasteiger partial charge is 0.351 e. The number of rotatable bonds is 10. The van der Waals surface area contributed by atoms with Crippen molar-refractivity contribution in [3.8, 4) is 0 Å². The van der Waals surface area contributed by atoms with Crippen molar-refractivity contribution >= 4 is 33.2 Å². The molecule has 1 aliphatic rings. The number of amides is 2. The predicted molar refractivity (Wildman–Crippen MR) is 150 cm³/mol. The fraction of sp³-hybridized carbons (Fsp3) is 0.310. The van der Waals surface area contributed by atoms with E-state index in [1.54, 1.807) is 36.4 Å². The van der Waals surface area contributed by atoms with Crippen LogP contribution in [0, 0.1) is 0 Å². The average molecular weight is 535 g/mol. The van der Waals surface area contributed by atoms with E-state index in [-0.39, 0.29) is 22.4 Å². The molecule has 0 saturated carbocycles. The number of hydrogen-bond donors (Lipinski definition) is 2. The number of anilines is 2. The van der Waals surface area contributed by atoms with Crippen LogP contribution in [0.3, 0.4) is 0 Å². The van der Waals surface area contributed by atoms with Crippen molar-refractivity contribution in [1.82, 2.24) is 10.2 Å². The van der Waals surface area contributed by atoms with E-state index in [2.05, 4.69) is 29.4 Å². The summed E-state index contributed by atoms with van der Waals surface area (Å²) in [5.74, 6) is -0.612. The first-order chi connectivity index (χ1) is 18.2. The Balaban J connectivity index is 1.43. The maximum Gasteiger partial charge on any atom is 0.264 e. The summed E-state index contributed by atoms with van der Waals surface area (Å²) in [6, 6.07) is 19.9. The summed E-state index contributed by atoms with van der Waals surface area (Å²) < 4.78 is 28.5. The van der Waals surface area contributed by atoms with Gasteiger partial charge < -0.3 is 15.5 Å². The van der Waals surface area contributed by atoms with E-state index in [0.29, 0.717) is 29.9 Å². The minimum Gasteiger partial charge on any atom is -0.351 e. The molecule has 0 unspecified atom stereocenters.